The number of hydrogen-bond acceptors (Lipinski definition) is 7. The van der Waals surface area contributed by atoms with Crippen LogP contribution < -0.4 is 10.2 Å². The van der Waals surface area contributed by atoms with Crippen molar-refractivity contribution in [1.82, 2.24) is 15.2 Å². The Hall–Kier alpha value is -2.20. The lowest BCUT2D eigenvalue weighted by molar-refractivity contribution is -0.118. The van der Waals surface area contributed by atoms with Crippen molar-refractivity contribution in [3.05, 3.63) is 53.1 Å². The van der Waals surface area contributed by atoms with Gasteiger partial charge in [0.15, 0.2) is 15.0 Å². The lowest BCUT2D eigenvalue weighted by atomic mass is 10.2. The number of fused-ring (bicyclic) bond motifs is 1. The summed E-state index contributed by atoms with van der Waals surface area (Å²) in [6.07, 6.45) is 0. The number of carbonyl (C=O) groups is 1. The van der Waals surface area contributed by atoms with Crippen LogP contribution in [0.3, 0.4) is 0 Å². The smallest absolute Gasteiger partial charge is 0.235 e. The van der Waals surface area contributed by atoms with Gasteiger partial charge in [0.05, 0.1) is 14.6 Å². The van der Waals surface area contributed by atoms with Crippen molar-refractivity contribution in [2.45, 2.75) is 11.8 Å². The highest BCUT2D eigenvalue weighted by Gasteiger charge is 2.22. The van der Waals surface area contributed by atoms with Crippen molar-refractivity contribution >= 4 is 54.0 Å². The molecule has 1 N–H and O–H groups in total. The molecule has 3 aromatic rings. The number of aryl methyl sites for hydroxylation is 1. The average molecular weight is 493 g/mol. The number of amides is 1. The van der Waals surface area contributed by atoms with Gasteiger partial charge >= 0.3 is 0 Å². The number of nitrogens with one attached hydrogen (secondary N) is 1. The van der Waals surface area contributed by atoms with Gasteiger partial charge in [0.2, 0.25) is 5.91 Å². The molecule has 0 aliphatic carbocycles. The van der Waals surface area contributed by atoms with E-state index >= 15 is 0 Å². The van der Waals surface area contributed by atoms with Crippen LogP contribution in [-0.2, 0) is 14.6 Å². The number of piperazine rings is 1. The summed E-state index contributed by atoms with van der Waals surface area (Å²) in [5.74, 6) is -1.01. The minimum Gasteiger partial charge on any atom is -0.354 e. The molecule has 1 fully saturated rings. The van der Waals surface area contributed by atoms with Gasteiger partial charge in [0, 0.05) is 39.3 Å². The number of nitrogens with zero attached hydrogens (tertiary/aromatic N) is 3. The van der Waals surface area contributed by atoms with E-state index in [1.54, 1.807) is 23.5 Å². The van der Waals surface area contributed by atoms with E-state index in [1.165, 1.54) is 12.1 Å². The highest BCUT2D eigenvalue weighted by atomic mass is 35.5. The summed E-state index contributed by atoms with van der Waals surface area (Å²) in [6, 6.07) is 12.4. The van der Waals surface area contributed by atoms with Gasteiger partial charge in [0.1, 0.15) is 11.3 Å². The Morgan fingerprint density at radius 3 is 2.53 bits per heavy atom. The molecule has 0 atom stereocenters. The molecule has 7 nitrogen and oxygen atoms in total. The number of aromatic nitrogens is 1. The van der Waals surface area contributed by atoms with Crippen molar-refractivity contribution < 1.29 is 13.2 Å². The predicted octanol–water partition coefficient (Wildman–Crippen LogP) is 2.97. The number of carbonyl (C=O) groups excluding carboxylic acids is 1. The normalized spacial score (nSPS) is 15.2. The number of anilines is 1. The summed E-state index contributed by atoms with van der Waals surface area (Å²) in [7, 11) is -3.63. The van der Waals surface area contributed by atoms with E-state index in [9.17, 15) is 13.2 Å². The summed E-state index contributed by atoms with van der Waals surface area (Å²) in [6.45, 7) is 6.36. The number of benzene rings is 2. The summed E-state index contributed by atoms with van der Waals surface area (Å²) in [5, 5.41) is 4.38. The van der Waals surface area contributed by atoms with Gasteiger partial charge in [0.25, 0.3) is 0 Å². The van der Waals surface area contributed by atoms with Gasteiger partial charge in [-0.3, -0.25) is 9.69 Å². The van der Waals surface area contributed by atoms with Gasteiger partial charge in [-0.2, -0.15) is 0 Å². The van der Waals surface area contributed by atoms with E-state index in [0.717, 1.165) is 47.1 Å². The largest absolute Gasteiger partial charge is 0.354 e. The molecule has 1 aromatic heterocycles. The third kappa shape index (κ3) is 5.40. The summed E-state index contributed by atoms with van der Waals surface area (Å²) >= 11 is 7.88. The molecule has 1 amide bonds. The van der Waals surface area contributed by atoms with E-state index in [-0.39, 0.29) is 4.90 Å². The van der Waals surface area contributed by atoms with Gasteiger partial charge in [-0.15, -0.1) is 0 Å². The first kappa shape index (κ1) is 23.0. The monoisotopic (exact) mass is 492 g/mol. The molecule has 32 heavy (non-hydrogen) atoms. The Morgan fingerprint density at radius 2 is 1.84 bits per heavy atom. The van der Waals surface area contributed by atoms with E-state index < -0.39 is 21.5 Å². The highest BCUT2D eigenvalue weighted by Crippen LogP contribution is 2.33. The van der Waals surface area contributed by atoms with E-state index in [0.29, 0.717) is 18.1 Å². The molecule has 0 unspecified atom stereocenters. The number of hydrogen-bond donors (Lipinski definition) is 1. The minimum absolute atomic E-state index is 0.172. The van der Waals surface area contributed by atoms with Crippen LogP contribution >= 0.6 is 22.9 Å². The molecule has 2 aromatic carbocycles. The maximum absolute atomic E-state index is 12.4. The van der Waals surface area contributed by atoms with Crippen LogP contribution in [-0.4, -0.2) is 69.2 Å². The molecule has 1 aliphatic rings. The molecule has 1 aliphatic heterocycles. The molecule has 1 saturated heterocycles. The Labute approximate surface area is 196 Å². The van der Waals surface area contributed by atoms with Crippen LogP contribution in [0.1, 0.15) is 5.56 Å². The number of sulfone groups is 1. The summed E-state index contributed by atoms with van der Waals surface area (Å²) < 4.78 is 25.9. The molecule has 10 heteroatoms. The zero-order valence-corrected chi connectivity index (χ0v) is 20.1. The maximum atomic E-state index is 12.4. The fourth-order valence-corrected chi connectivity index (χ4v) is 6.09. The third-order valence-corrected chi connectivity index (χ3v) is 8.47. The number of rotatable bonds is 7. The van der Waals surface area contributed by atoms with Gasteiger partial charge < -0.3 is 10.2 Å². The van der Waals surface area contributed by atoms with Crippen molar-refractivity contribution in [1.29, 1.82) is 0 Å². The van der Waals surface area contributed by atoms with E-state index in [4.69, 9.17) is 16.6 Å². The fourth-order valence-electron chi connectivity index (χ4n) is 3.61. The number of para-hydroxylation sites is 1. The highest BCUT2D eigenvalue weighted by molar-refractivity contribution is 7.92. The standard InChI is InChI=1S/C22H25ClN4O3S2/c1-16-5-7-17(8-6-16)32(29,30)15-20(28)24-9-10-26-11-13-27(14-12-26)22-25-21-18(23)3-2-4-19(21)31-22/h2-8H,9-15H2,1H3,(H,24,28). The maximum Gasteiger partial charge on any atom is 0.235 e. The van der Waals surface area contributed by atoms with Crippen molar-refractivity contribution in [2.24, 2.45) is 0 Å². The number of halogens is 1. The van der Waals surface area contributed by atoms with Crippen molar-refractivity contribution in [2.75, 3.05) is 49.9 Å². The van der Waals surface area contributed by atoms with Crippen molar-refractivity contribution in [3.63, 3.8) is 0 Å². The Balaban J connectivity index is 1.22. The van der Waals surface area contributed by atoms with E-state index in [1.807, 2.05) is 25.1 Å². The molecule has 0 radical (unpaired) electrons. The molecule has 4 rings (SSSR count). The lowest BCUT2D eigenvalue weighted by Crippen LogP contribution is -2.48. The van der Waals surface area contributed by atoms with Crippen LogP contribution in [0, 0.1) is 6.92 Å². The first-order valence-electron chi connectivity index (χ1n) is 10.4. The molecule has 170 valence electrons. The quantitative estimate of drug-likeness (QED) is 0.546. The lowest BCUT2D eigenvalue weighted by Gasteiger charge is -2.34. The molecule has 0 spiro atoms. The molecular formula is C22H25ClN4O3S2. The zero-order chi connectivity index (χ0) is 22.7. The molecule has 0 saturated carbocycles. The van der Waals surface area contributed by atoms with Gasteiger partial charge in [-0.1, -0.05) is 46.7 Å². The predicted molar refractivity (Wildman–Crippen MR) is 130 cm³/mol. The fraction of sp³-hybridized carbons (Fsp3) is 0.364. The zero-order valence-electron chi connectivity index (χ0n) is 17.8. The van der Waals surface area contributed by atoms with Gasteiger partial charge in [-0.25, -0.2) is 13.4 Å². The van der Waals surface area contributed by atoms with Crippen LogP contribution in [0.15, 0.2) is 47.4 Å². The third-order valence-electron chi connectivity index (χ3n) is 5.45. The van der Waals surface area contributed by atoms with Crippen molar-refractivity contribution in [3.8, 4) is 0 Å². The molecule has 0 bridgehead atoms. The Kier molecular flexibility index (Phi) is 6.99. The van der Waals surface area contributed by atoms with E-state index in [2.05, 4.69) is 15.1 Å². The molecule has 2 heterocycles. The number of thiazole rings is 1. The second-order valence-corrected chi connectivity index (χ2v) is 11.2. The summed E-state index contributed by atoms with van der Waals surface area (Å²) in [5.41, 5.74) is 1.82. The minimum atomic E-state index is -3.63. The van der Waals surface area contributed by atoms with Crippen LogP contribution in [0.4, 0.5) is 5.13 Å². The Morgan fingerprint density at radius 1 is 1.12 bits per heavy atom. The SMILES string of the molecule is Cc1ccc(S(=O)(=O)CC(=O)NCCN2CCN(c3nc4c(Cl)cccc4s3)CC2)cc1. The first-order chi connectivity index (χ1) is 15.3. The van der Waals surface area contributed by atoms with Crippen LogP contribution in [0.2, 0.25) is 5.02 Å². The summed E-state index contributed by atoms with van der Waals surface area (Å²) in [4.78, 5) is 21.5. The average Bonchev–Trinajstić information content (AvgIpc) is 3.20. The second-order valence-electron chi connectivity index (χ2n) is 7.83. The second kappa shape index (κ2) is 9.74. The van der Waals surface area contributed by atoms with Crippen LogP contribution in [0.5, 0.6) is 0 Å². The Bertz CT molecular complexity index is 1200. The molecular weight excluding hydrogens is 468 g/mol. The first-order valence-corrected chi connectivity index (χ1v) is 13.2. The topological polar surface area (TPSA) is 82.6 Å². The van der Waals surface area contributed by atoms with Gasteiger partial charge in [-0.05, 0) is 31.2 Å². The van der Waals surface area contributed by atoms with Crippen LogP contribution in [0.25, 0.3) is 10.2 Å².